The summed E-state index contributed by atoms with van der Waals surface area (Å²) in [5, 5.41) is 0.700. The number of likely N-dealkylation sites (tertiary alicyclic amines) is 1. The Morgan fingerprint density at radius 1 is 1.28 bits per heavy atom. The van der Waals surface area contributed by atoms with Crippen LogP contribution in [0.3, 0.4) is 0 Å². The molecule has 0 saturated carbocycles. The normalized spacial score (nSPS) is 16.2. The molecule has 1 amide bonds. The average Bonchev–Trinajstić information content (AvgIpc) is 3.37. The summed E-state index contributed by atoms with van der Waals surface area (Å²) in [4.78, 5) is 19.3. The first-order valence-corrected chi connectivity index (χ1v) is 10.1. The summed E-state index contributed by atoms with van der Waals surface area (Å²) >= 11 is 6.06. The second-order valence-electron chi connectivity index (χ2n) is 7.21. The van der Waals surface area contributed by atoms with Crippen molar-refractivity contribution in [3.63, 3.8) is 0 Å². The minimum absolute atomic E-state index is 0.0617. The third kappa shape index (κ3) is 4.46. The fourth-order valence-electron chi connectivity index (χ4n) is 3.84. The van der Waals surface area contributed by atoms with Crippen LogP contribution in [0.1, 0.15) is 41.7 Å². The van der Waals surface area contributed by atoms with Crippen LogP contribution in [-0.2, 0) is 17.6 Å². The molecule has 1 fully saturated rings. The van der Waals surface area contributed by atoms with Crippen LogP contribution in [0.25, 0.3) is 0 Å². The number of halogens is 1. The fraction of sp³-hybridized carbons (Fsp3) is 0.304. The molecule has 0 unspecified atom stereocenters. The second-order valence-corrected chi connectivity index (χ2v) is 7.64. The highest BCUT2D eigenvalue weighted by Crippen LogP contribution is 2.33. The van der Waals surface area contributed by atoms with Crippen molar-refractivity contribution < 1.29 is 13.9 Å². The highest BCUT2D eigenvalue weighted by molar-refractivity contribution is 6.30. The van der Waals surface area contributed by atoms with Crippen molar-refractivity contribution in [1.82, 2.24) is 9.88 Å². The van der Waals surface area contributed by atoms with Crippen LogP contribution in [-0.4, -0.2) is 29.4 Å². The molecule has 29 heavy (non-hydrogen) atoms. The maximum Gasteiger partial charge on any atom is 0.227 e. The van der Waals surface area contributed by atoms with Gasteiger partial charge in [-0.15, -0.1) is 0 Å². The molecule has 0 spiro atoms. The summed E-state index contributed by atoms with van der Waals surface area (Å²) in [6, 6.07) is 15.2. The molecule has 1 aromatic heterocycles. The largest absolute Gasteiger partial charge is 0.496 e. The lowest BCUT2D eigenvalue weighted by atomic mass is 10.1. The number of amides is 1. The Balaban J connectivity index is 1.47. The lowest BCUT2D eigenvalue weighted by Crippen LogP contribution is -2.32. The molecule has 1 aliphatic rings. The van der Waals surface area contributed by atoms with E-state index in [0.717, 1.165) is 35.5 Å². The number of oxazole rings is 1. The lowest BCUT2D eigenvalue weighted by molar-refractivity contribution is -0.131. The number of benzene rings is 2. The van der Waals surface area contributed by atoms with E-state index in [9.17, 15) is 4.79 Å². The molecule has 2 aromatic carbocycles. The highest BCUT2D eigenvalue weighted by Gasteiger charge is 2.33. The number of methoxy groups -OCH3 is 1. The Morgan fingerprint density at radius 2 is 2.14 bits per heavy atom. The van der Waals surface area contributed by atoms with Gasteiger partial charge in [0, 0.05) is 23.6 Å². The van der Waals surface area contributed by atoms with Crippen LogP contribution in [0.5, 0.6) is 5.75 Å². The Labute approximate surface area is 175 Å². The monoisotopic (exact) mass is 410 g/mol. The van der Waals surface area contributed by atoms with Crippen molar-refractivity contribution in [1.29, 1.82) is 0 Å². The van der Waals surface area contributed by atoms with Gasteiger partial charge in [-0.1, -0.05) is 41.9 Å². The molecule has 1 atom stereocenters. The zero-order valence-electron chi connectivity index (χ0n) is 16.3. The zero-order chi connectivity index (χ0) is 20.2. The van der Waals surface area contributed by atoms with Crippen LogP contribution >= 0.6 is 11.6 Å². The maximum atomic E-state index is 13.0. The van der Waals surface area contributed by atoms with E-state index >= 15 is 0 Å². The van der Waals surface area contributed by atoms with E-state index < -0.39 is 0 Å². The number of nitrogens with zero attached hydrogens (tertiary/aromatic N) is 2. The standard InChI is InChI=1S/C23H23ClN2O3/c1-28-21-10-3-2-7-17(21)14-22(27)26-11-5-9-20(26)23-25-15-19(29-23)13-16-6-4-8-18(24)12-16/h2-4,6-8,10,12,15,20H,5,9,11,13-14H2,1H3/t20-/m0/s1. The molecule has 5 nitrogen and oxygen atoms in total. The Kier molecular flexibility index (Phi) is 5.86. The van der Waals surface area contributed by atoms with Crippen molar-refractivity contribution in [2.24, 2.45) is 0 Å². The van der Waals surface area contributed by atoms with Gasteiger partial charge in [-0.05, 0) is 36.6 Å². The molecule has 6 heteroatoms. The number of hydrogen-bond donors (Lipinski definition) is 0. The van der Waals surface area contributed by atoms with Gasteiger partial charge < -0.3 is 14.1 Å². The van der Waals surface area contributed by atoms with Gasteiger partial charge in [0.25, 0.3) is 0 Å². The molecule has 1 aliphatic heterocycles. The third-order valence-electron chi connectivity index (χ3n) is 5.23. The van der Waals surface area contributed by atoms with Crippen LogP contribution in [0.15, 0.2) is 59.1 Å². The number of aromatic nitrogens is 1. The minimum Gasteiger partial charge on any atom is -0.496 e. The van der Waals surface area contributed by atoms with Gasteiger partial charge in [0.15, 0.2) is 0 Å². The first-order valence-electron chi connectivity index (χ1n) is 9.74. The van der Waals surface area contributed by atoms with Gasteiger partial charge >= 0.3 is 0 Å². The van der Waals surface area contributed by atoms with Crippen molar-refractivity contribution in [3.8, 4) is 5.75 Å². The number of para-hydroxylation sites is 1. The Bertz CT molecular complexity index is 1000. The van der Waals surface area contributed by atoms with Gasteiger partial charge in [0.1, 0.15) is 17.6 Å². The summed E-state index contributed by atoms with van der Waals surface area (Å²) < 4.78 is 11.4. The molecule has 150 valence electrons. The molecule has 2 heterocycles. The van der Waals surface area contributed by atoms with Crippen molar-refractivity contribution in [3.05, 3.63) is 82.5 Å². The first-order chi connectivity index (χ1) is 14.1. The molecule has 3 aromatic rings. The van der Waals surface area contributed by atoms with E-state index in [0.29, 0.717) is 30.3 Å². The molecule has 0 bridgehead atoms. The summed E-state index contributed by atoms with van der Waals surface area (Å²) in [6.45, 7) is 0.713. The number of carbonyl (C=O) groups is 1. The average molecular weight is 411 g/mol. The van der Waals surface area contributed by atoms with E-state index in [1.165, 1.54) is 0 Å². The number of ether oxygens (including phenoxy) is 1. The van der Waals surface area contributed by atoms with Crippen LogP contribution in [0, 0.1) is 0 Å². The van der Waals surface area contributed by atoms with Gasteiger partial charge in [0.05, 0.1) is 19.7 Å². The number of carbonyl (C=O) groups excluding carboxylic acids is 1. The quantitative estimate of drug-likeness (QED) is 0.583. The van der Waals surface area contributed by atoms with Crippen molar-refractivity contribution in [2.75, 3.05) is 13.7 Å². The van der Waals surface area contributed by atoms with E-state index in [1.54, 1.807) is 13.3 Å². The predicted octanol–water partition coefficient (Wildman–Crippen LogP) is 4.83. The smallest absolute Gasteiger partial charge is 0.227 e. The third-order valence-corrected chi connectivity index (χ3v) is 5.47. The SMILES string of the molecule is COc1ccccc1CC(=O)N1CCC[C@H]1c1ncc(Cc2cccc(Cl)c2)o1. The van der Waals surface area contributed by atoms with E-state index in [4.69, 9.17) is 20.8 Å². The van der Waals surface area contributed by atoms with Crippen LogP contribution < -0.4 is 4.74 Å². The predicted molar refractivity (Wildman–Crippen MR) is 111 cm³/mol. The molecule has 0 aliphatic carbocycles. The fourth-order valence-corrected chi connectivity index (χ4v) is 4.05. The van der Waals surface area contributed by atoms with Gasteiger partial charge in [-0.3, -0.25) is 4.79 Å². The highest BCUT2D eigenvalue weighted by atomic mass is 35.5. The zero-order valence-corrected chi connectivity index (χ0v) is 17.1. The van der Waals surface area contributed by atoms with Crippen LogP contribution in [0.4, 0.5) is 0 Å². The summed E-state index contributed by atoms with van der Waals surface area (Å²) in [7, 11) is 1.62. The Hall–Kier alpha value is -2.79. The molecule has 4 rings (SSSR count). The van der Waals surface area contributed by atoms with Crippen LogP contribution in [0.2, 0.25) is 5.02 Å². The van der Waals surface area contributed by atoms with E-state index in [-0.39, 0.29) is 11.9 Å². The first kappa shape index (κ1) is 19.5. The molecular weight excluding hydrogens is 388 g/mol. The molecule has 0 N–H and O–H groups in total. The van der Waals surface area contributed by atoms with E-state index in [2.05, 4.69) is 4.98 Å². The number of rotatable bonds is 6. The van der Waals surface area contributed by atoms with Gasteiger partial charge in [0.2, 0.25) is 11.8 Å². The topological polar surface area (TPSA) is 55.6 Å². The molecule has 0 radical (unpaired) electrons. The van der Waals surface area contributed by atoms with Crippen molar-refractivity contribution >= 4 is 17.5 Å². The minimum atomic E-state index is -0.120. The van der Waals surface area contributed by atoms with Crippen molar-refractivity contribution in [2.45, 2.75) is 31.7 Å². The summed E-state index contributed by atoms with van der Waals surface area (Å²) in [5.41, 5.74) is 1.95. The lowest BCUT2D eigenvalue weighted by Gasteiger charge is -2.22. The van der Waals surface area contributed by atoms with Gasteiger partial charge in [-0.2, -0.15) is 0 Å². The maximum absolute atomic E-state index is 13.0. The van der Waals surface area contributed by atoms with E-state index in [1.807, 2.05) is 53.4 Å². The summed E-state index contributed by atoms with van der Waals surface area (Å²) in [6.07, 6.45) is 4.46. The number of hydrogen-bond acceptors (Lipinski definition) is 4. The summed E-state index contributed by atoms with van der Waals surface area (Å²) in [5.74, 6) is 2.17. The molecular formula is C23H23ClN2O3. The van der Waals surface area contributed by atoms with Gasteiger partial charge in [-0.25, -0.2) is 4.98 Å². The Morgan fingerprint density at radius 3 is 2.97 bits per heavy atom. The second kappa shape index (κ2) is 8.70. The molecule has 1 saturated heterocycles.